The summed E-state index contributed by atoms with van der Waals surface area (Å²) in [7, 11) is 0. The van der Waals surface area contributed by atoms with Crippen LogP contribution >= 0.6 is 0 Å². The smallest absolute Gasteiger partial charge is 0.262 e. The number of fused-ring (bicyclic) bond motifs is 1. The molecule has 1 atom stereocenters. The quantitative estimate of drug-likeness (QED) is 0.304. The molecule has 174 valence electrons. The maximum Gasteiger partial charge on any atom is 0.262 e. The first-order valence-corrected chi connectivity index (χ1v) is 11.6. The zero-order valence-electron chi connectivity index (χ0n) is 19.6. The fraction of sp³-hybridized carbons (Fsp3) is 0.207. The predicted molar refractivity (Wildman–Crippen MR) is 137 cm³/mol. The van der Waals surface area contributed by atoms with E-state index >= 15 is 0 Å². The summed E-state index contributed by atoms with van der Waals surface area (Å²) in [5.41, 5.74) is 3.09. The van der Waals surface area contributed by atoms with Crippen LogP contribution in [0.1, 0.15) is 31.0 Å². The molecular formula is C29H30N2O3. The summed E-state index contributed by atoms with van der Waals surface area (Å²) in [5, 5.41) is 8.94. The molecule has 0 heterocycles. The molecule has 1 amide bonds. The molecule has 5 nitrogen and oxygen atoms in total. The minimum absolute atomic E-state index is 0.0926. The number of hydrogen-bond acceptors (Lipinski definition) is 4. The van der Waals surface area contributed by atoms with Gasteiger partial charge in [-0.3, -0.25) is 4.79 Å². The highest BCUT2D eigenvalue weighted by atomic mass is 16.5. The van der Waals surface area contributed by atoms with E-state index < -0.39 is 0 Å². The van der Waals surface area contributed by atoms with Gasteiger partial charge < -0.3 is 20.1 Å². The molecule has 0 radical (unpaired) electrons. The average Bonchev–Trinajstić information content (AvgIpc) is 2.87. The maximum absolute atomic E-state index is 12.2. The van der Waals surface area contributed by atoms with Gasteiger partial charge in [0.15, 0.2) is 18.1 Å². The molecular weight excluding hydrogens is 424 g/mol. The SMILES string of the molecule is CCOc1cc(CNC(C)c2cccc3ccccc23)ccc1OCC(=O)Nc1ccccc1. The molecule has 0 aromatic heterocycles. The number of anilines is 1. The van der Waals surface area contributed by atoms with E-state index in [4.69, 9.17) is 9.47 Å². The third kappa shape index (κ3) is 5.94. The van der Waals surface area contributed by atoms with Gasteiger partial charge in [-0.1, -0.05) is 66.7 Å². The first kappa shape index (κ1) is 23.3. The zero-order chi connectivity index (χ0) is 23.8. The zero-order valence-corrected chi connectivity index (χ0v) is 19.6. The molecule has 0 aliphatic heterocycles. The van der Waals surface area contributed by atoms with Crippen molar-refractivity contribution < 1.29 is 14.3 Å². The average molecular weight is 455 g/mol. The Labute approximate surface area is 200 Å². The van der Waals surface area contributed by atoms with Crippen molar-refractivity contribution in [2.45, 2.75) is 26.4 Å². The van der Waals surface area contributed by atoms with Crippen LogP contribution in [0.15, 0.2) is 91.0 Å². The van der Waals surface area contributed by atoms with E-state index in [9.17, 15) is 4.79 Å². The first-order valence-electron chi connectivity index (χ1n) is 11.6. The van der Waals surface area contributed by atoms with Gasteiger partial charge in [-0.05, 0) is 60.0 Å². The number of carbonyl (C=O) groups is 1. The Morgan fingerprint density at radius 3 is 2.44 bits per heavy atom. The summed E-state index contributed by atoms with van der Waals surface area (Å²) in [5.74, 6) is 0.964. The normalized spacial score (nSPS) is 11.7. The minimum Gasteiger partial charge on any atom is -0.490 e. The summed E-state index contributed by atoms with van der Waals surface area (Å²) < 4.78 is 11.6. The topological polar surface area (TPSA) is 59.6 Å². The lowest BCUT2D eigenvalue weighted by Gasteiger charge is -2.18. The molecule has 0 saturated carbocycles. The fourth-order valence-corrected chi connectivity index (χ4v) is 3.92. The van der Waals surface area contributed by atoms with Gasteiger partial charge in [0, 0.05) is 18.3 Å². The van der Waals surface area contributed by atoms with Crippen LogP contribution in [0, 0.1) is 0 Å². The van der Waals surface area contributed by atoms with Crippen molar-refractivity contribution in [1.82, 2.24) is 5.32 Å². The van der Waals surface area contributed by atoms with Crippen LogP contribution in [0.3, 0.4) is 0 Å². The van der Waals surface area contributed by atoms with Crippen molar-refractivity contribution in [3.63, 3.8) is 0 Å². The summed E-state index contributed by atoms with van der Waals surface area (Å²) in [6, 6.07) is 30.2. The second kappa shape index (κ2) is 11.3. The molecule has 0 spiro atoms. The van der Waals surface area contributed by atoms with Crippen LogP contribution in [-0.4, -0.2) is 19.1 Å². The molecule has 1 unspecified atom stereocenters. The summed E-state index contributed by atoms with van der Waals surface area (Å²) in [4.78, 5) is 12.2. The van der Waals surface area contributed by atoms with E-state index in [1.54, 1.807) is 0 Å². The molecule has 5 heteroatoms. The van der Waals surface area contributed by atoms with Crippen LogP contribution in [0.4, 0.5) is 5.69 Å². The number of para-hydroxylation sites is 1. The fourth-order valence-electron chi connectivity index (χ4n) is 3.92. The van der Waals surface area contributed by atoms with E-state index in [-0.39, 0.29) is 18.6 Å². The Balaban J connectivity index is 1.39. The van der Waals surface area contributed by atoms with Crippen molar-refractivity contribution in [1.29, 1.82) is 0 Å². The lowest BCUT2D eigenvalue weighted by molar-refractivity contribution is -0.118. The highest BCUT2D eigenvalue weighted by Crippen LogP contribution is 2.29. The van der Waals surface area contributed by atoms with Gasteiger partial charge in [0.2, 0.25) is 0 Å². The first-order chi connectivity index (χ1) is 16.6. The van der Waals surface area contributed by atoms with Gasteiger partial charge in [0.05, 0.1) is 6.61 Å². The molecule has 4 rings (SSSR count). The van der Waals surface area contributed by atoms with E-state index in [2.05, 4.69) is 60.0 Å². The number of amides is 1. The van der Waals surface area contributed by atoms with Crippen molar-refractivity contribution in [3.8, 4) is 11.5 Å². The highest BCUT2D eigenvalue weighted by molar-refractivity contribution is 5.91. The lowest BCUT2D eigenvalue weighted by atomic mass is 9.99. The third-order valence-corrected chi connectivity index (χ3v) is 5.63. The predicted octanol–water partition coefficient (Wildman–Crippen LogP) is 6.11. The number of nitrogens with one attached hydrogen (secondary N) is 2. The summed E-state index contributed by atoms with van der Waals surface area (Å²) >= 11 is 0. The molecule has 0 aliphatic carbocycles. The Kier molecular flexibility index (Phi) is 7.79. The highest BCUT2D eigenvalue weighted by Gasteiger charge is 2.12. The van der Waals surface area contributed by atoms with E-state index in [1.807, 2.05) is 55.5 Å². The monoisotopic (exact) mass is 454 g/mol. The van der Waals surface area contributed by atoms with E-state index in [0.29, 0.717) is 24.7 Å². The van der Waals surface area contributed by atoms with Gasteiger partial charge in [0.1, 0.15) is 0 Å². The van der Waals surface area contributed by atoms with Gasteiger partial charge in [-0.2, -0.15) is 0 Å². The van der Waals surface area contributed by atoms with Crippen LogP contribution in [0.25, 0.3) is 10.8 Å². The van der Waals surface area contributed by atoms with E-state index in [1.165, 1.54) is 16.3 Å². The lowest BCUT2D eigenvalue weighted by Crippen LogP contribution is -2.20. The van der Waals surface area contributed by atoms with Gasteiger partial charge >= 0.3 is 0 Å². The summed E-state index contributed by atoms with van der Waals surface area (Å²) in [6.45, 7) is 5.20. The van der Waals surface area contributed by atoms with Crippen LogP contribution < -0.4 is 20.1 Å². The van der Waals surface area contributed by atoms with Gasteiger partial charge in [-0.15, -0.1) is 0 Å². The molecule has 0 aliphatic rings. The molecule has 4 aromatic rings. The van der Waals surface area contributed by atoms with Crippen molar-refractivity contribution in [2.24, 2.45) is 0 Å². The van der Waals surface area contributed by atoms with E-state index in [0.717, 1.165) is 11.3 Å². The second-order valence-corrected chi connectivity index (χ2v) is 8.09. The standard InChI is InChI=1S/C29H30N2O3/c1-3-33-28-18-22(16-17-27(28)34-20-29(32)31-24-12-5-4-6-13-24)19-30-21(2)25-15-9-11-23-10-7-8-14-26(23)25/h4-18,21,30H,3,19-20H2,1-2H3,(H,31,32). The van der Waals surface area contributed by atoms with Gasteiger partial charge in [0.25, 0.3) is 5.91 Å². The Morgan fingerprint density at radius 1 is 0.853 bits per heavy atom. The van der Waals surface area contributed by atoms with Gasteiger partial charge in [-0.25, -0.2) is 0 Å². The van der Waals surface area contributed by atoms with Crippen LogP contribution in [0.2, 0.25) is 0 Å². The number of ether oxygens (including phenoxy) is 2. The Morgan fingerprint density at radius 2 is 1.62 bits per heavy atom. The molecule has 0 fully saturated rings. The molecule has 2 N–H and O–H groups in total. The summed E-state index contributed by atoms with van der Waals surface area (Å²) in [6.07, 6.45) is 0. The van der Waals surface area contributed by atoms with Crippen LogP contribution in [0.5, 0.6) is 11.5 Å². The molecule has 0 bridgehead atoms. The Bertz CT molecular complexity index is 1240. The third-order valence-electron chi connectivity index (χ3n) is 5.63. The minimum atomic E-state index is -0.219. The molecule has 34 heavy (non-hydrogen) atoms. The number of hydrogen-bond donors (Lipinski definition) is 2. The second-order valence-electron chi connectivity index (χ2n) is 8.09. The molecule has 0 saturated heterocycles. The number of rotatable bonds is 10. The van der Waals surface area contributed by atoms with Crippen molar-refractivity contribution in [2.75, 3.05) is 18.5 Å². The maximum atomic E-state index is 12.2. The largest absolute Gasteiger partial charge is 0.490 e. The Hall–Kier alpha value is -3.83. The van der Waals surface area contributed by atoms with Crippen molar-refractivity contribution >= 4 is 22.4 Å². The van der Waals surface area contributed by atoms with Crippen molar-refractivity contribution in [3.05, 3.63) is 102 Å². The van der Waals surface area contributed by atoms with Crippen LogP contribution in [-0.2, 0) is 11.3 Å². The number of benzene rings is 4. The number of carbonyl (C=O) groups excluding carboxylic acids is 1. The molecule has 4 aromatic carbocycles.